The number of carbonyl (C=O) groups excluding carboxylic acids is 1. The summed E-state index contributed by atoms with van der Waals surface area (Å²) in [5, 5.41) is 25.4. The van der Waals surface area contributed by atoms with E-state index in [1.165, 1.54) is 0 Å². The summed E-state index contributed by atoms with van der Waals surface area (Å²) in [6, 6.07) is 14.4. The van der Waals surface area contributed by atoms with Gasteiger partial charge < -0.3 is 30.5 Å². The maximum atomic E-state index is 13.8. The summed E-state index contributed by atoms with van der Waals surface area (Å²) in [7, 11) is -1.96. The highest BCUT2D eigenvalue weighted by Crippen LogP contribution is 2.46. The van der Waals surface area contributed by atoms with Crippen LogP contribution in [0.3, 0.4) is 0 Å². The number of thiophene rings is 1. The molecule has 264 valence electrons. The lowest BCUT2D eigenvalue weighted by atomic mass is 9.89. The van der Waals surface area contributed by atoms with Crippen molar-refractivity contribution >= 4 is 62.2 Å². The van der Waals surface area contributed by atoms with Crippen molar-refractivity contribution in [1.29, 1.82) is 0 Å². The van der Waals surface area contributed by atoms with Crippen LogP contribution in [-0.2, 0) is 25.4 Å². The highest BCUT2D eigenvalue weighted by Gasteiger charge is 2.41. The van der Waals surface area contributed by atoms with E-state index < -0.39 is 34.1 Å². The third kappa shape index (κ3) is 8.55. The lowest BCUT2D eigenvalue weighted by molar-refractivity contribution is -0.139. The molecule has 0 aliphatic carbocycles. The number of carboxylic acid groups (broad SMARTS) is 2. The SMILES string of the molecule is CN(C(=O)C1CCNCC1)c1cccc(CS(=O)(=O)N2CC[C@@H](Nc3cccc(-c4sc(C(=O)O)c(OCC(=O)O)c4Cl)c3)CC2(C)C)c1. The van der Waals surface area contributed by atoms with E-state index in [0.29, 0.717) is 41.1 Å². The number of aliphatic carboxylic acids is 1. The number of carbonyl (C=O) groups is 3. The normalized spacial score (nSPS) is 18.5. The van der Waals surface area contributed by atoms with Gasteiger partial charge >= 0.3 is 11.9 Å². The van der Waals surface area contributed by atoms with Gasteiger partial charge in [-0.3, -0.25) is 4.79 Å². The first-order valence-corrected chi connectivity index (χ1v) is 18.8. The molecule has 2 fully saturated rings. The maximum Gasteiger partial charge on any atom is 0.349 e. The number of halogens is 1. The summed E-state index contributed by atoms with van der Waals surface area (Å²) in [6.45, 7) is 5.02. The largest absolute Gasteiger partial charge is 0.479 e. The molecule has 5 rings (SSSR count). The number of hydrogen-bond donors (Lipinski definition) is 4. The molecule has 49 heavy (non-hydrogen) atoms. The van der Waals surface area contributed by atoms with Crippen LogP contribution >= 0.6 is 22.9 Å². The summed E-state index contributed by atoms with van der Waals surface area (Å²) in [5.41, 5.74) is 1.95. The first-order chi connectivity index (χ1) is 23.2. The number of ether oxygens (including phenoxy) is 1. The topological polar surface area (TPSA) is 166 Å². The number of sulfonamides is 1. The molecule has 4 N–H and O–H groups in total. The molecule has 3 aromatic rings. The Morgan fingerprint density at radius 1 is 1.10 bits per heavy atom. The van der Waals surface area contributed by atoms with Gasteiger partial charge in [0.15, 0.2) is 17.2 Å². The van der Waals surface area contributed by atoms with Crippen molar-refractivity contribution in [3.8, 4) is 16.2 Å². The first-order valence-electron chi connectivity index (χ1n) is 16.0. The van der Waals surface area contributed by atoms with Crippen molar-refractivity contribution in [2.45, 2.75) is 56.9 Å². The van der Waals surface area contributed by atoms with Gasteiger partial charge in [0.2, 0.25) is 15.9 Å². The van der Waals surface area contributed by atoms with Gasteiger partial charge in [0.05, 0.1) is 10.6 Å². The number of carboxylic acids is 2. The predicted octanol–water partition coefficient (Wildman–Crippen LogP) is 5.38. The van der Waals surface area contributed by atoms with Gasteiger partial charge in [-0.1, -0.05) is 35.9 Å². The van der Waals surface area contributed by atoms with Crippen LogP contribution in [0, 0.1) is 5.92 Å². The smallest absolute Gasteiger partial charge is 0.349 e. The number of amides is 1. The molecule has 2 saturated heterocycles. The molecule has 0 unspecified atom stereocenters. The average molecular weight is 733 g/mol. The Morgan fingerprint density at radius 3 is 2.49 bits per heavy atom. The fourth-order valence-corrected chi connectivity index (χ4v) is 9.98. The number of rotatable bonds is 12. The molecule has 0 bridgehead atoms. The van der Waals surface area contributed by atoms with Gasteiger partial charge in [-0.05, 0) is 88.0 Å². The van der Waals surface area contributed by atoms with E-state index in [2.05, 4.69) is 10.6 Å². The lowest BCUT2D eigenvalue weighted by Crippen LogP contribution is -2.55. The minimum atomic E-state index is -3.71. The molecule has 0 radical (unpaired) electrons. The number of benzene rings is 2. The second-order valence-electron chi connectivity index (χ2n) is 13.0. The molecule has 15 heteroatoms. The molecular weight excluding hydrogens is 692 g/mol. The summed E-state index contributed by atoms with van der Waals surface area (Å²) < 4.78 is 34.4. The summed E-state index contributed by atoms with van der Waals surface area (Å²) in [4.78, 5) is 37.8. The molecule has 1 aromatic heterocycles. The number of nitrogens with zero attached hydrogens (tertiary/aromatic N) is 2. The Kier molecular flexibility index (Phi) is 11.2. The highest BCUT2D eigenvalue weighted by molar-refractivity contribution is 7.88. The molecule has 0 spiro atoms. The fourth-order valence-electron chi connectivity index (χ4n) is 6.61. The molecule has 3 heterocycles. The van der Waals surface area contributed by atoms with Crippen LogP contribution < -0.4 is 20.3 Å². The molecule has 1 atom stereocenters. The minimum absolute atomic E-state index is 0.0194. The Balaban J connectivity index is 1.26. The molecule has 12 nitrogen and oxygen atoms in total. The monoisotopic (exact) mass is 732 g/mol. The molecular formula is C34H41ClN4O8S2. The molecule has 2 aliphatic heterocycles. The quantitative estimate of drug-likeness (QED) is 0.190. The summed E-state index contributed by atoms with van der Waals surface area (Å²) in [6.07, 6.45) is 2.65. The van der Waals surface area contributed by atoms with Crippen LogP contribution in [-0.4, -0.2) is 85.7 Å². The number of piperidine rings is 2. The van der Waals surface area contributed by atoms with E-state index in [4.69, 9.17) is 21.4 Å². The van der Waals surface area contributed by atoms with Crippen molar-refractivity contribution in [2.24, 2.45) is 5.92 Å². The van der Waals surface area contributed by atoms with Gasteiger partial charge in [0.25, 0.3) is 0 Å². The predicted molar refractivity (Wildman–Crippen MR) is 190 cm³/mol. The Hall–Kier alpha value is -3.69. The lowest BCUT2D eigenvalue weighted by Gasteiger charge is -2.45. The first kappa shape index (κ1) is 36.6. The van der Waals surface area contributed by atoms with Crippen LogP contribution in [0.5, 0.6) is 5.75 Å². The maximum absolute atomic E-state index is 13.8. The van der Waals surface area contributed by atoms with Gasteiger partial charge in [0.1, 0.15) is 5.02 Å². The Morgan fingerprint density at radius 2 is 1.82 bits per heavy atom. The number of nitrogens with one attached hydrogen (secondary N) is 2. The Bertz CT molecular complexity index is 1820. The highest BCUT2D eigenvalue weighted by atomic mass is 35.5. The van der Waals surface area contributed by atoms with Crippen molar-refractivity contribution in [1.82, 2.24) is 9.62 Å². The van der Waals surface area contributed by atoms with Crippen molar-refractivity contribution in [3.63, 3.8) is 0 Å². The van der Waals surface area contributed by atoms with E-state index in [1.807, 2.05) is 32.0 Å². The molecule has 2 aromatic carbocycles. The average Bonchev–Trinajstić information content (AvgIpc) is 3.39. The van der Waals surface area contributed by atoms with E-state index in [-0.39, 0.29) is 39.3 Å². The second kappa shape index (κ2) is 15.1. The number of aromatic carboxylic acids is 1. The van der Waals surface area contributed by atoms with E-state index in [9.17, 15) is 27.9 Å². The zero-order chi connectivity index (χ0) is 35.5. The van der Waals surface area contributed by atoms with Crippen LogP contribution in [0.15, 0.2) is 48.5 Å². The van der Waals surface area contributed by atoms with Crippen LogP contribution in [0.2, 0.25) is 5.02 Å². The van der Waals surface area contributed by atoms with E-state index >= 15 is 0 Å². The third-order valence-corrected chi connectivity index (χ3v) is 12.7. The van der Waals surface area contributed by atoms with E-state index in [1.54, 1.807) is 46.6 Å². The van der Waals surface area contributed by atoms with Crippen molar-refractivity contribution < 1.29 is 37.8 Å². The zero-order valence-corrected chi connectivity index (χ0v) is 30.0. The van der Waals surface area contributed by atoms with Gasteiger partial charge in [-0.2, -0.15) is 4.31 Å². The molecule has 1 amide bonds. The number of anilines is 2. The standard InChI is InChI=1S/C34H41ClN4O8S2/c1-34(2)18-25(37-24-8-5-7-23(17-24)30-28(35)29(47-19-27(40)41)31(48-30)33(43)44)12-15-39(34)49(45,46)20-21-6-4-9-26(16-21)38(3)32(42)22-10-13-36-14-11-22/h4-9,16-17,22,25,36-37H,10-15,18-20H2,1-3H3,(H,40,41)(H,43,44)/t25-/m1/s1. The Labute approximate surface area is 295 Å². The number of hydrogen-bond acceptors (Lipinski definition) is 9. The van der Waals surface area contributed by atoms with Crippen LogP contribution in [0.25, 0.3) is 10.4 Å². The van der Waals surface area contributed by atoms with Crippen LogP contribution in [0.4, 0.5) is 11.4 Å². The van der Waals surface area contributed by atoms with Crippen molar-refractivity contribution in [3.05, 3.63) is 64.0 Å². The molecule has 0 saturated carbocycles. The van der Waals surface area contributed by atoms with Crippen molar-refractivity contribution in [2.75, 3.05) is 43.5 Å². The third-order valence-electron chi connectivity index (χ3n) is 8.94. The minimum Gasteiger partial charge on any atom is -0.479 e. The van der Waals surface area contributed by atoms with Gasteiger partial charge in [-0.15, -0.1) is 11.3 Å². The van der Waals surface area contributed by atoms with E-state index in [0.717, 1.165) is 43.0 Å². The summed E-state index contributed by atoms with van der Waals surface area (Å²) in [5.74, 6) is -2.91. The fraction of sp³-hybridized carbons (Fsp3) is 0.441. The summed E-state index contributed by atoms with van der Waals surface area (Å²) >= 11 is 7.38. The van der Waals surface area contributed by atoms with Gasteiger partial charge in [-0.25, -0.2) is 18.0 Å². The van der Waals surface area contributed by atoms with Gasteiger partial charge in [0, 0.05) is 42.5 Å². The second-order valence-corrected chi connectivity index (χ2v) is 16.3. The zero-order valence-electron chi connectivity index (χ0n) is 27.6. The molecule has 2 aliphatic rings. The van der Waals surface area contributed by atoms with Crippen LogP contribution in [0.1, 0.15) is 54.8 Å².